The van der Waals surface area contributed by atoms with Crippen molar-refractivity contribution in [3.8, 4) is 11.8 Å². The molecule has 7 heteroatoms. The molecule has 29 heavy (non-hydrogen) atoms. The van der Waals surface area contributed by atoms with Gasteiger partial charge in [0.15, 0.2) is 0 Å². The van der Waals surface area contributed by atoms with Gasteiger partial charge in [0.25, 0.3) is 0 Å². The number of halogens is 1. The average Bonchev–Trinajstić information content (AvgIpc) is 3.18. The fraction of sp³-hybridized carbons (Fsp3) is 0.182. The van der Waals surface area contributed by atoms with E-state index >= 15 is 0 Å². The molecule has 1 atom stereocenters. The van der Waals surface area contributed by atoms with Crippen LogP contribution in [0.2, 0.25) is 5.15 Å². The van der Waals surface area contributed by atoms with Crippen LogP contribution in [0.1, 0.15) is 36.1 Å². The summed E-state index contributed by atoms with van der Waals surface area (Å²) < 4.78 is 5.37. The fourth-order valence-electron chi connectivity index (χ4n) is 3.52. The monoisotopic (exact) mass is 404 g/mol. The number of para-hydroxylation sites is 1. The number of rotatable bonds is 3. The van der Waals surface area contributed by atoms with Crippen molar-refractivity contribution >= 4 is 34.1 Å². The van der Waals surface area contributed by atoms with Crippen LogP contribution >= 0.6 is 11.6 Å². The van der Waals surface area contributed by atoms with Gasteiger partial charge in [-0.05, 0) is 29.8 Å². The van der Waals surface area contributed by atoms with Crippen molar-refractivity contribution in [2.45, 2.75) is 19.4 Å². The number of methoxy groups -OCH3 is 1. The third kappa shape index (κ3) is 3.41. The normalized spacial score (nSPS) is 15.9. The number of pyridine rings is 1. The number of carbonyl (C=O) groups excluding carboxylic acids is 1. The minimum atomic E-state index is -0.353. The molecule has 2 heterocycles. The van der Waals surface area contributed by atoms with Gasteiger partial charge in [-0.15, -0.1) is 0 Å². The molecule has 1 aliphatic rings. The van der Waals surface area contributed by atoms with E-state index in [9.17, 15) is 4.79 Å². The molecule has 0 radical (unpaired) electrons. The Morgan fingerprint density at radius 1 is 1.28 bits per heavy atom. The van der Waals surface area contributed by atoms with E-state index in [0.717, 1.165) is 22.2 Å². The summed E-state index contributed by atoms with van der Waals surface area (Å²) in [7, 11) is 1.59. The van der Waals surface area contributed by atoms with Crippen LogP contribution in [0.4, 0.5) is 0 Å². The van der Waals surface area contributed by atoms with E-state index in [1.54, 1.807) is 19.2 Å². The number of ether oxygens (including phenoxy) is 1. The molecule has 0 fully saturated rings. The molecule has 0 aliphatic carbocycles. The Hall–Kier alpha value is -3.43. The van der Waals surface area contributed by atoms with Crippen molar-refractivity contribution in [3.05, 3.63) is 70.4 Å². The van der Waals surface area contributed by atoms with Gasteiger partial charge < -0.3 is 4.74 Å². The Labute approximate surface area is 173 Å². The number of carbonyl (C=O) groups is 1. The first-order valence-electron chi connectivity index (χ1n) is 9.02. The van der Waals surface area contributed by atoms with Crippen molar-refractivity contribution < 1.29 is 9.53 Å². The summed E-state index contributed by atoms with van der Waals surface area (Å²) in [6.45, 7) is 1.48. The predicted octanol–water partition coefficient (Wildman–Crippen LogP) is 4.47. The van der Waals surface area contributed by atoms with Gasteiger partial charge in [0.2, 0.25) is 5.91 Å². The van der Waals surface area contributed by atoms with Gasteiger partial charge in [-0.1, -0.05) is 35.9 Å². The van der Waals surface area contributed by atoms with Crippen LogP contribution in [0, 0.1) is 11.3 Å². The van der Waals surface area contributed by atoms with Gasteiger partial charge in [-0.3, -0.25) is 4.79 Å². The number of amides is 1. The number of nitrogens with zero attached hydrogens (tertiary/aromatic N) is 4. The van der Waals surface area contributed by atoms with Gasteiger partial charge >= 0.3 is 0 Å². The lowest BCUT2D eigenvalue weighted by Crippen LogP contribution is -2.24. The number of hydrogen-bond acceptors (Lipinski definition) is 5. The van der Waals surface area contributed by atoms with Crippen molar-refractivity contribution in [3.63, 3.8) is 0 Å². The van der Waals surface area contributed by atoms with Crippen molar-refractivity contribution in [1.82, 2.24) is 9.99 Å². The number of benzene rings is 2. The second-order valence-electron chi connectivity index (χ2n) is 6.72. The Kier molecular flexibility index (Phi) is 4.91. The minimum Gasteiger partial charge on any atom is -0.494 e. The Bertz CT molecular complexity index is 1180. The van der Waals surface area contributed by atoms with E-state index in [1.165, 1.54) is 11.9 Å². The lowest BCUT2D eigenvalue weighted by Gasteiger charge is -2.21. The highest BCUT2D eigenvalue weighted by atomic mass is 35.5. The van der Waals surface area contributed by atoms with Crippen LogP contribution < -0.4 is 4.74 Å². The lowest BCUT2D eigenvalue weighted by molar-refractivity contribution is -0.130. The molecular weight excluding hydrogens is 388 g/mol. The maximum absolute atomic E-state index is 12.3. The molecular formula is C22H17ClN4O2. The zero-order valence-electron chi connectivity index (χ0n) is 15.9. The standard InChI is InChI=1S/C22H17ClN4O2/c1-13(28)27-19(11-18(26-27)15-8-6-14(12-24)7-9-15)17-10-16-4-3-5-20(29-2)21(16)25-22(17)23/h3-10,19H,11H2,1-2H3/t19-/m1/s1. The molecule has 0 spiro atoms. The van der Waals surface area contributed by atoms with E-state index in [1.807, 2.05) is 36.4 Å². The van der Waals surface area contributed by atoms with E-state index in [2.05, 4.69) is 16.2 Å². The van der Waals surface area contributed by atoms with Crippen molar-refractivity contribution in [2.24, 2.45) is 5.10 Å². The molecule has 1 aliphatic heterocycles. The van der Waals surface area contributed by atoms with E-state index in [4.69, 9.17) is 21.6 Å². The first kappa shape index (κ1) is 18.9. The maximum Gasteiger partial charge on any atom is 0.240 e. The highest BCUT2D eigenvalue weighted by Crippen LogP contribution is 2.38. The predicted molar refractivity (Wildman–Crippen MR) is 111 cm³/mol. The lowest BCUT2D eigenvalue weighted by atomic mass is 9.98. The average molecular weight is 405 g/mol. The van der Waals surface area contributed by atoms with Crippen LogP contribution in [-0.4, -0.2) is 28.7 Å². The van der Waals surface area contributed by atoms with Crippen LogP contribution in [0.25, 0.3) is 10.9 Å². The molecule has 0 saturated carbocycles. The quantitative estimate of drug-likeness (QED) is 0.603. The molecule has 1 amide bonds. The first-order valence-corrected chi connectivity index (χ1v) is 9.40. The molecule has 4 rings (SSSR count). The molecule has 0 unspecified atom stereocenters. The van der Waals surface area contributed by atoms with Crippen molar-refractivity contribution in [1.29, 1.82) is 5.26 Å². The zero-order valence-corrected chi connectivity index (χ0v) is 16.6. The minimum absolute atomic E-state index is 0.180. The highest BCUT2D eigenvalue weighted by molar-refractivity contribution is 6.30. The summed E-state index contributed by atoms with van der Waals surface area (Å²) in [5, 5.41) is 16.2. The molecule has 0 N–H and O–H groups in total. The number of fused-ring (bicyclic) bond motifs is 1. The molecule has 2 aromatic carbocycles. The largest absolute Gasteiger partial charge is 0.494 e. The summed E-state index contributed by atoms with van der Waals surface area (Å²) in [4.78, 5) is 16.8. The van der Waals surface area contributed by atoms with Gasteiger partial charge in [-0.25, -0.2) is 9.99 Å². The molecule has 6 nitrogen and oxygen atoms in total. The van der Waals surface area contributed by atoms with Gasteiger partial charge in [0, 0.05) is 24.3 Å². The van der Waals surface area contributed by atoms with E-state index in [-0.39, 0.29) is 11.9 Å². The molecule has 0 saturated heterocycles. The first-order chi connectivity index (χ1) is 14.0. The van der Waals surface area contributed by atoms with E-state index < -0.39 is 0 Å². The number of aromatic nitrogens is 1. The van der Waals surface area contributed by atoms with E-state index in [0.29, 0.717) is 28.4 Å². The molecule has 3 aromatic rings. The molecule has 0 bridgehead atoms. The van der Waals surface area contributed by atoms with Crippen LogP contribution in [-0.2, 0) is 4.79 Å². The topological polar surface area (TPSA) is 78.6 Å². The second-order valence-corrected chi connectivity index (χ2v) is 7.08. The maximum atomic E-state index is 12.3. The summed E-state index contributed by atoms with van der Waals surface area (Å²) in [6, 6.07) is 16.5. The third-order valence-corrected chi connectivity index (χ3v) is 5.25. The van der Waals surface area contributed by atoms with Crippen LogP contribution in [0.5, 0.6) is 5.75 Å². The smallest absolute Gasteiger partial charge is 0.240 e. The molecule has 144 valence electrons. The number of hydrogen-bond donors (Lipinski definition) is 0. The third-order valence-electron chi connectivity index (χ3n) is 4.95. The van der Waals surface area contributed by atoms with Crippen LogP contribution in [0.15, 0.2) is 53.6 Å². The Morgan fingerprint density at radius 3 is 2.69 bits per heavy atom. The van der Waals surface area contributed by atoms with Crippen molar-refractivity contribution in [2.75, 3.05) is 7.11 Å². The fourth-order valence-corrected chi connectivity index (χ4v) is 3.78. The Morgan fingerprint density at radius 2 is 2.03 bits per heavy atom. The zero-order chi connectivity index (χ0) is 20.5. The van der Waals surface area contributed by atoms with Gasteiger partial charge in [-0.2, -0.15) is 10.4 Å². The highest BCUT2D eigenvalue weighted by Gasteiger charge is 2.33. The number of nitriles is 1. The van der Waals surface area contributed by atoms with Crippen LogP contribution in [0.3, 0.4) is 0 Å². The van der Waals surface area contributed by atoms with Gasteiger partial charge in [0.05, 0.1) is 30.5 Å². The van der Waals surface area contributed by atoms with Gasteiger partial charge in [0.1, 0.15) is 16.4 Å². The SMILES string of the molecule is COc1cccc2cc([C@H]3CC(c4ccc(C#N)cc4)=NN3C(C)=O)c(Cl)nc12. The number of hydrazone groups is 1. The summed E-state index contributed by atoms with van der Waals surface area (Å²) in [5.41, 5.74) is 3.60. The molecule has 1 aromatic heterocycles. The Balaban J connectivity index is 1.75. The second kappa shape index (κ2) is 7.53. The summed E-state index contributed by atoms with van der Waals surface area (Å²) in [6.07, 6.45) is 0.502. The summed E-state index contributed by atoms with van der Waals surface area (Å²) >= 11 is 6.52. The summed E-state index contributed by atoms with van der Waals surface area (Å²) in [5.74, 6) is 0.459.